The number of nitro groups is 3. The predicted molar refractivity (Wildman–Crippen MR) is 145 cm³/mol. The van der Waals surface area contributed by atoms with Crippen LogP contribution in [-0.2, 0) is 9.59 Å². The first-order valence-electron chi connectivity index (χ1n) is 11.6. The van der Waals surface area contributed by atoms with Crippen molar-refractivity contribution in [3.05, 3.63) is 72.8 Å². The number of non-ortho nitro benzene ring substituents is 1. The molecule has 0 aromatic heterocycles. The van der Waals surface area contributed by atoms with Crippen molar-refractivity contribution in [2.24, 2.45) is 5.10 Å². The van der Waals surface area contributed by atoms with E-state index in [4.69, 9.17) is 4.74 Å². The fraction of sp³-hybridized carbons (Fsp3) is 0.348. The highest BCUT2D eigenvalue weighted by Crippen LogP contribution is 2.34. The minimum atomic E-state index is -1.56. The number of para-hydroxylation sites is 2. The van der Waals surface area contributed by atoms with Crippen molar-refractivity contribution in [2.45, 2.75) is 49.5 Å². The molecule has 1 saturated heterocycles. The SMILES string of the molecule is CC(C)(/C=N/Nc1cc([N+](=O)[O-])ccc1[N+](=O)[O-])SC1NC(=O)C1NC(=O)C(C)(C)Oc1ccccc1[N+](=O)[O-]. The quantitative estimate of drug-likeness (QED) is 0.144. The molecule has 2 amide bonds. The zero-order valence-electron chi connectivity index (χ0n) is 21.6. The number of nitrogens with one attached hydrogen (secondary N) is 3. The second-order valence-corrected chi connectivity index (χ2v) is 11.3. The molecule has 2 unspecified atom stereocenters. The van der Waals surface area contributed by atoms with Gasteiger partial charge >= 0.3 is 5.69 Å². The Bertz CT molecular complexity index is 1400. The third kappa shape index (κ3) is 6.99. The normalized spacial score (nSPS) is 16.9. The number of carbonyl (C=O) groups excluding carboxylic acids is 2. The molecule has 1 heterocycles. The van der Waals surface area contributed by atoms with E-state index in [9.17, 15) is 39.9 Å². The third-order valence-corrected chi connectivity index (χ3v) is 6.87. The summed E-state index contributed by atoms with van der Waals surface area (Å²) in [6.45, 7) is 6.28. The van der Waals surface area contributed by atoms with Crippen LogP contribution in [0.2, 0.25) is 0 Å². The molecule has 1 aliphatic heterocycles. The lowest BCUT2D eigenvalue weighted by Crippen LogP contribution is -2.70. The van der Waals surface area contributed by atoms with E-state index in [1.54, 1.807) is 13.8 Å². The Labute approximate surface area is 231 Å². The first-order valence-corrected chi connectivity index (χ1v) is 12.4. The van der Waals surface area contributed by atoms with Gasteiger partial charge in [0.15, 0.2) is 11.4 Å². The van der Waals surface area contributed by atoms with Gasteiger partial charge in [0.2, 0.25) is 5.91 Å². The van der Waals surface area contributed by atoms with E-state index in [1.165, 1.54) is 56.1 Å². The summed E-state index contributed by atoms with van der Waals surface area (Å²) < 4.78 is 4.84. The van der Waals surface area contributed by atoms with Gasteiger partial charge in [-0.3, -0.25) is 45.4 Å². The molecule has 16 nitrogen and oxygen atoms in total. The fourth-order valence-electron chi connectivity index (χ4n) is 3.43. The van der Waals surface area contributed by atoms with Crippen molar-refractivity contribution in [2.75, 3.05) is 5.43 Å². The third-order valence-electron chi connectivity index (χ3n) is 5.51. The number of hydrogen-bond acceptors (Lipinski definition) is 12. The molecular formula is C23H25N7O9S. The molecule has 40 heavy (non-hydrogen) atoms. The molecule has 2 aromatic carbocycles. The van der Waals surface area contributed by atoms with Crippen molar-refractivity contribution >= 4 is 52.5 Å². The van der Waals surface area contributed by atoms with E-state index < -0.39 is 54.0 Å². The van der Waals surface area contributed by atoms with E-state index in [1.807, 2.05) is 0 Å². The first kappa shape index (κ1) is 29.8. The molecule has 0 aliphatic carbocycles. The number of thioether (sulfide) groups is 1. The Morgan fingerprint density at radius 3 is 2.27 bits per heavy atom. The minimum Gasteiger partial charge on any atom is -0.471 e. The Hall–Kier alpha value is -4.80. The molecule has 212 valence electrons. The fourth-order valence-corrected chi connectivity index (χ4v) is 4.70. The number of ether oxygens (including phenoxy) is 1. The zero-order valence-corrected chi connectivity index (χ0v) is 22.5. The second kappa shape index (κ2) is 11.5. The summed E-state index contributed by atoms with van der Waals surface area (Å²) in [6.07, 6.45) is 1.39. The number of benzene rings is 2. The van der Waals surface area contributed by atoms with Crippen LogP contribution in [0.3, 0.4) is 0 Å². The molecule has 17 heteroatoms. The van der Waals surface area contributed by atoms with Crippen LogP contribution in [0.4, 0.5) is 22.7 Å². The summed E-state index contributed by atoms with van der Waals surface area (Å²) in [7, 11) is 0. The van der Waals surface area contributed by atoms with Crippen molar-refractivity contribution in [3.63, 3.8) is 0 Å². The molecule has 0 saturated carbocycles. The number of hydrogen-bond donors (Lipinski definition) is 3. The smallest absolute Gasteiger partial charge is 0.310 e. The number of amides is 2. The summed E-state index contributed by atoms with van der Waals surface area (Å²) >= 11 is 1.21. The predicted octanol–water partition coefficient (Wildman–Crippen LogP) is 3.12. The molecule has 3 rings (SSSR count). The topological polar surface area (TPSA) is 221 Å². The van der Waals surface area contributed by atoms with Gasteiger partial charge in [-0.1, -0.05) is 12.1 Å². The Morgan fingerprint density at radius 2 is 1.68 bits per heavy atom. The molecule has 3 N–H and O–H groups in total. The van der Waals surface area contributed by atoms with Gasteiger partial charge < -0.3 is 15.4 Å². The van der Waals surface area contributed by atoms with Crippen LogP contribution >= 0.6 is 11.8 Å². The van der Waals surface area contributed by atoms with Crippen molar-refractivity contribution in [3.8, 4) is 5.75 Å². The highest BCUT2D eigenvalue weighted by Gasteiger charge is 2.46. The van der Waals surface area contributed by atoms with Crippen molar-refractivity contribution in [1.29, 1.82) is 0 Å². The van der Waals surface area contributed by atoms with E-state index in [-0.39, 0.29) is 22.8 Å². The lowest BCUT2D eigenvalue weighted by molar-refractivity contribution is -0.388. The number of anilines is 1. The lowest BCUT2D eigenvalue weighted by Gasteiger charge is -2.40. The van der Waals surface area contributed by atoms with Crippen molar-refractivity contribution < 1.29 is 29.1 Å². The monoisotopic (exact) mass is 575 g/mol. The number of nitro benzene ring substituents is 3. The van der Waals surface area contributed by atoms with Crippen molar-refractivity contribution in [1.82, 2.24) is 10.6 Å². The van der Waals surface area contributed by atoms with Crippen LogP contribution in [0.1, 0.15) is 27.7 Å². The highest BCUT2D eigenvalue weighted by atomic mass is 32.2. The summed E-state index contributed by atoms with van der Waals surface area (Å²) in [5, 5.41) is 42.2. The molecular weight excluding hydrogens is 550 g/mol. The second-order valence-electron chi connectivity index (χ2n) is 9.52. The van der Waals surface area contributed by atoms with E-state index in [0.717, 1.165) is 18.2 Å². The van der Waals surface area contributed by atoms with Gasteiger partial charge in [0.25, 0.3) is 17.3 Å². The van der Waals surface area contributed by atoms with Crippen LogP contribution in [0.25, 0.3) is 0 Å². The number of hydrazone groups is 1. The van der Waals surface area contributed by atoms with Gasteiger partial charge in [-0.2, -0.15) is 5.10 Å². The highest BCUT2D eigenvalue weighted by molar-refractivity contribution is 8.02. The molecule has 1 fully saturated rings. The van der Waals surface area contributed by atoms with Gasteiger partial charge in [0, 0.05) is 35.2 Å². The Balaban J connectivity index is 1.65. The Morgan fingerprint density at radius 1 is 1.02 bits per heavy atom. The maximum absolute atomic E-state index is 13.0. The van der Waals surface area contributed by atoms with Crippen LogP contribution < -0.4 is 20.8 Å². The lowest BCUT2D eigenvalue weighted by atomic mass is 10.1. The van der Waals surface area contributed by atoms with Crippen LogP contribution in [0, 0.1) is 30.3 Å². The number of nitrogens with zero attached hydrogens (tertiary/aromatic N) is 4. The maximum atomic E-state index is 13.0. The molecule has 1 aliphatic rings. The average Bonchev–Trinajstić information content (AvgIpc) is 2.86. The molecule has 2 aromatic rings. The van der Waals surface area contributed by atoms with E-state index in [0.29, 0.717) is 0 Å². The van der Waals surface area contributed by atoms with E-state index >= 15 is 0 Å². The molecule has 2 atom stereocenters. The minimum absolute atomic E-state index is 0.106. The van der Waals surface area contributed by atoms with Gasteiger partial charge in [-0.25, -0.2) is 0 Å². The van der Waals surface area contributed by atoms with E-state index in [2.05, 4.69) is 21.2 Å². The van der Waals surface area contributed by atoms with Gasteiger partial charge in [0.05, 0.1) is 14.8 Å². The van der Waals surface area contributed by atoms with Crippen LogP contribution in [0.15, 0.2) is 47.6 Å². The summed E-state index contributed by atoms with van der Waals surface area (Å²) in [4.78, 5) is 56.7. The molecule has 0 spiro atoms. The summed E-state index contributed by atoms with van der Waals surface area (Å²) in [6, 6.07) is 7.63. The first-order chi connectivity index (χ1) is 18.6. The maximum Gasteiger partial charge on any atom is 0.310 e. The standard InChI is InChI=1S/C23H25N7O9S/c1-22(2,12-24-27-14-11-13(28(33)34)9-10-15(14)29(35)36)40-20-18(19(31)26-20)25-21(32)23(3,4)39-17-8-6-5-7-16(17)30(37)38/h5-12,18,20,27H,1-4H3,(H,25,32)(H,26,31)/b24-12+. The Kier molecular flexibility index (Phi) is 8.57. The molecule has 0 bridgehead atoms. The number of rotatable bonds is 12. The van der Waals surface area contributed by atoms with Crippen LogP contribution in [0.5, 0.6) is 5.75 Å². The van der Waals surface area contributed by atoms with Crippen LogP contribution in [-0.4, -0.2) is 54.6 Å². The van der Waals surface area contributed by atoms with Gasteiger partial charge in [0.1, 0.15) is 17.1 Å². The molecule has 0 radical (unpaired) electrons. The number of β-lactam (4-membered cyclic amide) rings is 1. The summed E-state index contributed by atoms with van der Waals surface area (Å²) in [5.74, 6) is -1.24. The van der Waals surface area contributed by atoms with Gasteiger partial charge in [-0.05, 0) is 33.8 Å². The number of carbonyl (C=O) groups is 2. The zero-order chi connectivity index (χ0) is 29.8. The average molecular weight is 576 g/mol. The summed E-state index contributed by atoms with van der Waals surface area (Å²) in [5.41, 5.74) is -0.380. The van der Waals surface area contributed by atoms with Gasteiger partial charge in [-0.15, -0.1) is 11.8 Å². The largest absolute Gasteiger partial charge is 0.471 e.